The quantitative estimate of drug-likeness (QED) is 0.354. The van der Waals surface area contributed by atoms with E-state index < -0.39 is 0 Å². The van der Waals surface area contributed by atoms with Crippen molar-refractivity contribution in [1.29, 1.82) is 5.26 Å². The summed E-state index contributed by atoms with van der Waals surface area (Å²) in [6.45, 7) is 2.84. The second-order valence-corrected chi connectivity index (χ2v) is 9.31. The van der Waals surface area contributed by atoms with E-state index in [0.717, 1.165) is 54.7 Å². The van der Waals surface area contributed by atoms with Gasteiger partial charge >= 0.3 is 0 Å². The van der Waals surface area contributed by atoms with Crippen LogP contribution in [0.3, 0.4) is 0 Å². The lowest BCUT2D eigenvalue weighted by molar-refractivity contribution is 0.173. The first-order valence-electron chi connectivity index (χ1n) is 12.2. The van der Waals surface area contributed by atoms with Gasteiger partial charge in [0.1, 0.15) is 11.6 Å². The molecule has 1 aliphatic rings. The average Bonchev–Trinajstić information content (AvgIpc) is 3.69. The Balaban J connectivity index is 1.23. The number of pyridine rings is 2. The minimum absolute atomic E-state index is 0.293. The van der Waals surface area contributed by atoms with Crippen LogP contribution in [0.5, 0.6) is 5.88 Å². The van der Waals surface area contributed by atoms with Gasteiger partial charge in [0.05, 0.1) is 25.5 Å². The number of likely N-dealkylation sites (tertiary alicyclic amines) is 1. The second kappa shape index (κ2) is 9.48. The summed E-state index contributed by atoms with van der Waals surface area (Å²) < 4.78 is 10.6. The molecule has 5 aromatic rings. The van der Waals surface area contributed by atoms with Crippen LogP contribution in [0.15, 0.2) is 55.4 Å². The lowest BCUT2D eigenvalue weighted by Gasteiger charge is -2.32. The monoisotopic (exact) mass is 494 g/mol. The van der Waals surface area contributed by atoms with Gasteiger partial charge in [0.25, 0.3) is 0 Å². The van der Waals surface area contributed by atoms with Gasteiger partial charge in [-0.2, -0.15) is 15.5 Å². The van der Waals surface area contributed by atoms with Crippen LogP contribution in [-0.2, 0) is 13.6 Å². The molecule has 0 amide bonds. The molecule has 5 aromatic heterocycles. The van der Waals surface area contributed by atoms with Crippen LogP contribution in [-0.4, -0.2) is 64.5 Å². The zero-order valence-corrected chi connectivity index (χ0v) is 20.7. The standard InChI is InChI=1S/C26H26N10O/c1-33-15-20(12-29-33)19-9-23(26-24(10-27)31-32-36(26)16-19)21-13-30-35(17-21)22-5-7-34(8-6-22)14-18-3-4-25(37-2)28-11-18/h3-4,9,11-13,15-17,22H,5-8,14H2,1-2H3. The highest BCUT2D eigenvalue weighted by molar-refractivity contribution is 5.86. The normalized spacial score (nSPS) is 14.7. The molecule has 1 fully saturated rings. The van der Waals surface area contributed by atoms with Gasteiger partial charge in [-0.25, -0.2) is 9.50 Å². The average molecular weight is 495 g/mol. The van der Waals surface area contributed by atoms with Gasteiger partial charge in [-0.1, -0.05) is 11.3 Å². The number of fused-ring (bicyclic) bond motifs is 1. The maximum atomic E-state index is 9.64. The lowest BCUT2D eigenvalue weighted by atomic mass is 10.0. The zero-order chi connectivity index (χ0) is 25.4. The van der Waals surface area contributed by atoms with Crippen LogP contribution in [0.1, 0.15) is 30.1 Å². The molecule has 1 saturated heterocycles. The Morgan fingerprint density at radius 1 is 1.03 bits per heavy atom. The highest BCUT2D eigenvalue weighted by Crippen LogP contribution is 2.32. The summed E-state index contributed by atoms with van der Waals surface area (Å²) in [4.78, 5) is 6.76. The first-order chi connectivity index (χ1) is 18.1. The largest absolute Gasteiger partial charge is 0.481 e. The molecule has 11 nitrogen and oxygen atoms in total. The molecule has 0 N–H and O–H groups in total. The molecule has 0 radical (unpaired) electrons. The highest BCUT2D eigenvalue weighted by atomic mass is 16.5. The van der Waals surface area contributed by atoms with Gasteiger partial charge in [-0.3, -0.25) is 14.3 Å². The molecule has 1 aliphatic heterocycles. The lowest BCUT2D eigenvalue weighted by Crippen LogP contribution is -2.34. The van der Waals surface area contributed by atoms with E-state index in [-0.39, 0.29) is 0 Å². The third kappa shape index (κ3) is 4.43. The Morgan fingerprint density at radius 2 is 1.86 bits per heavy atom. The van der Waals surface area contributed by atoms with E-state index in [1.165, 1.54) is 5.56 Å². The van der Waals surface area contributed by atoms with Crippen LogP contribution in [0.2, 0.25) is 0 Å². The Morgan fingerprint density at radius 3 is 2.57 bits per heavy atom. The van der Waals surface area contributed by atoms with Crippen molar-refractivity contribution in [2.45, 2.75) is 25.4 Å². The topological polar surface area (TPSA) is 115 Å². The molecule has 0 aromatic carbocycles. The number of hydrogen-bond acceptors (Lipinski definition) is 8. The maximum Gasteiger partial charge on any atom is 0.212 e. The fourth-order valence-electron chi connectivity index (χ4n) is 4.95. The van der Waals surface area contributed by atoms with Crippen molar-refractivity contribution in [3.05, 3.63) is 66.6 Å². The van der Waals surface area contributed by atoms with Gasteiger partial charge in [0.15, 0.2) is 5.69 Å². The first kappa shape index (κ1) is 22.9. The minimum atomic E-state index is 0.293. The summed E-state index contributed by atoms with van der Waals surface area (Å²) in [5.41, 5.74) is 5.87. The smallest absolute Gasteiger partial charge is 0.212 e. The van der Waals surface area contributed by atoms with Crippen molar-refractivity contribution in [1.82, 2.24) is 44.3 Å². The summed E-state index contributed by atoms with van der Waals surface area (Å²) in [5, 5.41) is 26.9. The van der Waals surface area contributed by atoms with Crippen LogP contribution in [0.4, 0.5) is 0 Å². The van der Waals surface area contributed by atoms with Crippen LogP contribution in [0.25, 0.3) is 27.8 Å². The van der Waals surface area contributed by atoms with Gasteiger partial charge in [0.2, 0.25) is 5.88 Å². The van der Waals surface area contributed by atoms with E-state index in [9.17, 15) is 5.26 Å². The Kier molecular flexibility index (Phi) is 5.86. The number of methoxy groups -OCH3 is 1. The van der Waals surface area contributed by atoms with Gasteiger partial charge in [0, 0.05) is 79.8 Å². The fourth-order valence-corrected chi connectivity index (χ4v) is 4.95. The first-order valence-corrected chi connectivity index (χ1v) is 12.2. The summed E-state index contributed by atoms with van der Waals surface area (Å²) in [7, 11) is 3.51. The van der Waals surface area contributed by atoms with E-state index in [4.69, 9.17) is 9.84 Å². The molecule has 0 bridgehead atoms. The van der Waals surface area contributed by atoms with E-state index in [1.807, 2.05) is 44.1 Å². The second-order valence-electron chi connectivity index (χ2n) is 9.31. The zero-order valence-electron chi connectivity index (χ0n) is 20.7. The molecule has 186 valence electrons. The molecule has 0 atom stereocenters. The number of aryl methyl sites for hydroxylation is 1. The number of rotatable bonds is 6. The predicted molar refractivity (Wildman–Crippen MR) is 135 cm³/mol. The van der Waals surface area contributed by atoms with Crippen molar-refractivity contribution in [2.75, 3.05) is 20.2 Å². The number of ether oxygens (including phenoxy) is 1. The third-order valence-corrected chi connectivity index (χ3v) is 6.91. The Labute approximate surface area is 213 Å². The van der Waals surface area contributed by atoms with Gasteiger partial charge < -0.3 is 4.74 Å². The highest BCUT2D eigenvalue weighted by Gasteiger charge is 2.23. The summed E-state index contributed by atoms with van der Waals surface area (Å²) in [5.74, 6) is 0.633. The number of hydrogen-bond donors (Lipinski definition) is 0. The van der Waals surface area contributed by atoms with E-state index >= 15 is 0 Å². The van der Waals surface area contributed by atoms with Crippen LogP contribution in [0, 0.1) is 11.3 Å². The van der Waals surface area contributed by atoms with Crippen LogP contribution < -0.4 is 4.74 Å². The number of nitriles is 1. The molecule has 0 unspecified atom stereocenters. The van der Waals surface area contributed by atoms with E-state index in [0.29, 0.717) is 23.1 Å². The SMILES string of the molecule is COc1ccc(CN2CCC(n3cc(-c4cc(-c5cnn(C)c5)cn5nnc(C#N)c45)cn3)CC2)cn1. The summed E-state index contributed by atoms with van der Waals surface area (Å²) >= 11 is 0. The Bertz CT molecular complexity index is 1580. The Hall–Kier alpha value is -4.56. The van der Waals surface area contributed by atoms with Crippen molar-refractivity contribution < 1.29 is 4.74 Å². The predicted octanol–water partition coefficient (Wildman–Crippen LogP) is 3.11. The molecule has 0 aliphatic carbocycles. The summed E-state index contributed by atoms with van der Waals surface area (Å²) in [6.07, 6.45) is 13.5. The molecule has 0 spiro atoms. The number of nitrogens with zero attached hydrogens (tertiary/aromatic N) is 10. The van der Waals surface area contributed by atoms with E-state index in [2.05, 4.69) is 54.4 Å². The molecular weight excluding hydrogens is 468 g/mol. The molecule has 0 saturated carbocycles. The van der Waals surface area contributed by atoms with Crippen molar-refractivity contribution in [3.8, 4) is 34.2 Å². The van der Waals surface area contributed by atoms with E-state index in [1.54, 1.807) is 16.3 Å². The van der Waals surface area contributed by atoms with Crippen LogP contribution >= 0.6 is 0 Å². The van der Waals surface area contributed by atoms with Crippen molar-refractivity contribution in [2.24, 2.45) is 7.05 Å². The maximum absolute atomic E-state index is 9.64. The molecular formula is C26H26N10O. The van der Waals surface area contributed by atoms with Crippen molar-refractivity contribution >= 4 is 5.52 Å². The molecule has 37 heavy (non-hydrogen) atoms. The molecule has 11 heteroatoms. The van der Waals surface area contributed by atoms with Gasteiger partial charge in [-0.15, -0.1) is 5.10 Å². The fraction of sp³-hybridized carbons (Fsp3) is 0.308. The summed E-state index contributed by atoms with van der Waals surface area (Å²) in [6, 6.07) is 8.52. The van der Waals surface area contributed by atoms with Gasteiger partial charge in [-0.05, 0) is 24.5 Å². The molecule has 6 rings (SSSR count). The molecule has 6 heterocycles. The van der Waals surface area contributed by atoms with Crippen molar-refractivity contribution in [3.63, 3.8) is 0 Å². The number of aromatic nitrogens is 8. The number of piperidine rings is 1. The minimum Gasteiger partial charge on any atom is -0.481 e. The third-order valence-electron chi connectivity index (χ3n) is 6.91.